The summed E-state index contributed by atoms with van der Waals surface area (Å²) in [5.41, 5.74) is 2.15. The van der Waals surface area contributed by atoms with Crippen LogP contribution < -0.4 is 0 Å². The van der Waals surface area contributed by atoms with Crippen LogP contribution in [0.1, 0.15) is 40.9 Å². The Morgan fingerprint density at radius 2 is 1.81 bits per heavy atom. The second-order valence-corrected chi connectivity index (χ2v) is 7.97. The van der Waals surface area contributed by atoms with Crippen LogP contribution >= 0.6 is 11.8 Å². The van der Waals surface area contributed by atoms with Crippen LogP contribution in [0.25, 0.3) is 0 Å². The number of carboxylic acids is 1. The molecule has 1 heterocycles. The van der Waals surface area contributed by atoms with E-state index >= 15 is 0 Å². The quantitative estimate of drug-likeness (QED) is 0.865. The molecule has 2 aromatic carbocycles. The molecule has 2 aromatic rings. The first-order valence-corrected chi connectivity index (χ1v) is 9.90. The van der Waals surface area contributed by atoms with Crippen molar-refractivity contribution in [3.05, 3.63) is 71.3 Å². The molecular weight excluding hydrogens is 346 g/mol. The number of amides is 1. The molecule has 0 aliphatic carbocycles. The fraction of sp³-hybridized carbons (Fsp3) is 0.333. The fourth-order valence-corrected chi connectivity index (χ4v) is 4.69. The summed E-state index contributed by atoms with van der Waals surface area (Å²) < 4.78 is 0. The molecule has 136 valence electrons. The Labute approximate surface area is 158 Å². The predicted octanol–water partition coefficient (Wildman–Crippen LogP) is 4.02. The zero-order chi connectivity index (χ0) is 18.5. The van der Waals surface area contributed by atoms with Crippen molar-refractivity contribution in [3.63, 3.8) is 0 Å². The largest absolute Gasteiger partial charge is 0.478 e. The third-order valence-corrected chi connectivity index (χ3v) is 6.01. The summed E-state index contributed by atoms with van der Waals surface area (Å²) in [6, 6.07) is 17.1. The van der Waals surface area contributed by atoms with Gasteiger partial charge in [0.05, 0.1) is 11.6 Å². The molecule has 1 N–H and O–H groups in total. The highest BCUT2D eigenvalue weighted by Gasteiger charge is 2.33. The molecule has 1 amide bonds. The molecular formula is C21H23NO3S. The monoisotopic (exact) mass is 369 g/mol. The topological polar surface area (TPSA) is 57.6 Å². The lowest BCUT2D eigenvalue weighted by Crippen LogP contribution is -2.44. The highest BCUT2D eigenvalue weighted by molar-refractivity contribution is 8.00. The SMILES string of the molecule is CC1SCCN(C(=O)CCc2ccccc2C(=O)O)C1c1ccccc1. The predicted molar refractivity (Wildman–Crippen MR) is 105 cm³/mol. The van der Waals surface area contributed by atoms with E-state index in [0.717, 1.165) is 17.9 Å². The number of aryl methyl sites for hydroxylation is 1. The maximum Gasteiger partial charge on any atom is 0.335 e. The Hall–Kier alpha value is -2.27. The molecule has 2 unspecified atom stereocenters. The average molecular weight is 369 g/mol. The van der Waals surface area contributed by atoms with Crippen molar-refractivity contribution < 1.29 is 14.7 Å². The van der Waals surface area contributed by atoms with Gasteiger partial charge in [-0.3, -0.25) is 4.79 Å². The molecule has 4 nitrogen and oxygen atoms in total. The number of thioether (sulfide) groups is 1. The normalized spacial score (nSPS) is 20.0. The van der Waals surface area contributed by atoms with Gasteiger partial charge in [0.2, 0.25) is 5.91 Å². The molecule has 26 heavy (non-hydrogen) atoms. The number of hydrogen-bond donors (Lipinski definition) is 1. The second kappa shape index (κ2) is 8.41. The lowest BCUT2D eigenvalue weighted by atomic mass is 9.99. The van der Waals surface area contributed by atoms with E-state index in [1.807, 2.05) is 40.9 Å². The molecule has 1 aliphatic rings. The van der Waals surface area contributed by atoms with Gasteiger partial charge >= 0.3 is 5.97 Å². The summed E-state index contributed by atoms with van der Waals surface area (Å²) in [7, 11) is 0. The van der Waals surface area contributed by atoms with Crippen LogP contribution in [0.5, 0.6) is 0 Å². The summed E-state index contributed by atoms with van der Waals surface area (Å²) in [6.07, 6.45) is 0.770. The smallest absolute Gasteiger partial charge is 0.335 e. The summed E-state index contributed by atoms with van der Waals surface area (Å²) in [5, 5.41) is 9.64. The van der Waals surface area contributed by atoms with Gasteiger partial charge in [0, 0.05) is 24.0 Å². The second-order valence-electron chi connectivity index (χ2n) is 6.48. The highest BCUT2D eigenvalue weighted by Crippen LogP contribution is 2.36. The van der Waals surface area contributed by atoms with Crippen molar-refractivity contribution in [2.24, 2.45) is 0 Å². The van der Waals surface area contributed by atoms with Crippen molar-refractivity contribution >= 4 is 23.6 Å². The van der Waals surface area contributed by atoms with Gasteiger partial charge in [0.25, 0.3) is 0 Å². The number of rotatable bonds is 5. The average Bonchev–Trinajstić information content (AvgIpc) is 2.66. The molecule has 1 aliphatic heterocycles. The molecule has 3 rings (SSSR count). The van der Waals surface area contributed by atoms with E-state index in [1.54, 1.807) is 18.2 Å². The zero-order valence-corrected chi connectivity index (χ0v) is 15.6. The molecule has 0 aromatic heterocycles. The minimum atomic E-state index is -0.946. The van der Waals surface area contributed by atoms with Gasteiger partial charge in [0.1, 0.15) is 0 Å². The van der Waals surface area contributed by atoms with Crippen LogP contribution in [0.4, 0.5) is 0 Å². The number of nitrogens with zero attached hydrogens (tertiary/aromatic N) is 1. The van der Waals surface area contributed by atoms with Gasteiger partial charge in [-0.05, 0) is 23.6 Å². The fourth-order valence-electron chi connectivity index (χ4n) is 3.53. The number of carbonyl (C=O) groups excluding carboxylic acids is 1. The summed E-state index contributed by atoms with van der Waals surface area (Å²) >= 11 is 1.89. The minimum absolute atomic E-state index is 0.0668. The highest BCUT2D eigenvalue weighted by atomic mass is 32.2. The number of aromatic carboxylic acids is 1. The number of carbonyl (C=O) groups is 2. The van der Waals surface area contributed by atoms with Gasteiger partial charge in [-0.15, -0.1) is 0 Å². The summed E-state index contributed by atoms with van der Waals surface area (Å²) in [4.78, 5) is 26.3. The van der Waals surface area contributed by atoms with Crippen LogP contribution in [-0.4, -0.2) is 39.4 Å². The van der Waals surface area contributed by atoms with E-state index in [9.17, 15) is 14.7 Å². The molecule has 5 heteroatoms. The van der Waals surface area contributed by atoms with E-state index in [1.165, 1.54) is 0 Å². The minimum Gasteiger partial charge on any atom is -0.478 e. The van der Waals surface area contributed by atoms with Crippen molar-refractivity contribution in [2.75, 3.05) is 12.3 Å². The number of hydrogen-bond acceptors (Lipinski definition) is 3. The van der Waals surface area contributed by atoms with Gasteiger partial charge in [-0.1, -0.05) is 55.5 Å². The van der Waals surface area contributed by atoms with Crippen LogP contribution in [0, 0.1) is 0 Å². The van der Waals surface area contributed by atoms with E-state index < -0.39 is 5.97 Å². The van der Waals surface area contributed by atoms with Crippen LogP contribution in [0.15, 0.2) is 54.6 Å². The van der Waals surface area contributed by atoms with Crippen LogP contribution in [0.3, 0.4) is 0 Å². The van der Waals surface area contributed by atoms with Crippen LogP contribution in [0.2, 0.25) is 0 Å². The van der Waals surface area contributed by atoms with Gasteiger partial charge < -0.3 is 10.0 Å². The van der Waals surface area contributed by atoms with E-state index in [4.69, 9.17) is 0 Å². The third-order valence-electron chi connectivity index (χ3n) is 4.81. The molecule has 0 bridgehead atoms. The Balaban J connectivity index is 1.75. The molecule has 1 saturated heterocycles. The van der Waals surface area contributed by atoms with E-state index in [-0.39, 0.29) is 17.5 Å². The van der Waals surface area contributed by atoms with Crippen LogP contribution in [-0.2, 0) is 11.2 Å². The molecule has 0 saturated carbocycles. The van der Waals surface area contributed by atoms with Crippen molar-refractivity contribution in [1.82, 2.24) is 4.90 Å². The van der Waals surface area contributed by atoms with Gasteiger partial charge in [-0.2, -0.15) is 11.8 Å². The van der Waals surface area contributed by atoms with Gasteiger partial charge in [-0.25, -0.2) is 4.79 Å². The standard InChI is InChI=1S/C21H23NO3S/c1-15-20(17-8-3-2-4-9-17)22(13-14-26-15)19(23)12-11-16-7-5-6-10-18(16)21(24)25/h2-10,15,20H,11-14H2,1H3,(H,24,25). The van der Waals surface area contributed by atoms with Gasteiger partial charge in [0.15, 0.2) is 0 Å². The number of benzene rings is 2. The number of carboxylic acid groups (broad SMARTS) is 1. The maximum atomic E-state index is 13.0. The molecule has 0 spiro atoms. The Morgan fingerprint density at radius 1 is 1.12 bits per heavy atom. The molecule has 0 radical (unpaired) electrons. The zero-order valence-electron chi connectivity index (χ0n) is 14.8. The molecule has 1 fully saturated rings. The molecule has 2 atom stereocenters. The first-order chi connectivity index (χ1) is 12.6. The third kappa shape index (κ3) is 4.10. The summed E-state index contributed by atoms with van der Waals surface area (Å²) in [6.45, 7) is 2.90. The van der Waals surface area contributed by atoms with E-state index in [0.29, 0.717) is 23.7 Å². The van der Waals surface area contributed by atoms with Crippen molar-refractivity contribution in [3.8, 4) is 0 Å². The lowest BCUT2D eigenvalue weighted by molar-refractivity contribution is -0.133. The van der Waals surface area contributed by atoms with E-state index in [2.05, 4.69) is 19.1 Å². The first-order valence-electron chi connectivity index (χ1n) is 8.85. The Morgan fingerprint density at radius 3 is 2.54 bits per heavy atom. The van der Waals surface area contributed by atoms with Crippen molar-refractivity contribution in [2.45, 2.75) is 31.1 Å². The lowest BCUT2D eigenvalue weighted by Gasteiger charge is -2.40. The van der Waals surface area contributed by atoms with Crippen molar-refractivity contribution in [1.29, 1.82) is 0 Å². The summed E-state index contributed by atoms with van der Waals surface area (Å²) in [5.74, 6) is 0.0755. The maximum absolute atomic E-state index is 13.0. The Kier molecular flexibility index (Phi) is 5.99. The Bertz CT molecular complexity index is 778. The first kappa shape index (κ1) is 18.5.